The molecule has 100 valence electrons. The predicted molar refractivity (Wildman–Crippen MR) is 62.7 cm³/mol. The van der Waals surface area contributed by atoms with E-state index in [0.717, 1.165) is 25.3 Å². The second-order valence-electron chi connectivity index (χ2n) is 5.34. The number of aromatic nitrogens is 2. The minimum absolute atomic E-state index is 0.0226. The molecule has 0 bridgehead atoms. The SMILES string of the molecule is OCC1CN(Cc2nnc(C3CC3)o2)CCC1O. The summed E-state index contributed by atoms with van der Waals surface area (Å²) in [5, 5.41) is 27.0. The highest BCUT2D eigenvalue weighted by Gasteiger charge is 2.31. The van der Waals surface area contributed by atoms with Crippen molar-refractivity contribution in [2.24, 2.45) is 5.92 Å². The molecule has 0 amide bonds. The molecule has 1 saturated carbocycles. The number of hydrogen-bond acceptors (Lipinski definition) is 6. The Bertz CT molecular complexity index is 405. The zero-order valence-corrected chi connectivity index (χ0v) is 10.3. The molecule has 0 spiro atoms. The van der Waals surface area contributed by atoms with Crippen LogP contribution in [-0.2, 0) is 6.54 Å². The van der Waals surface area contributed by atoms with E-state index < -0.39 is 6.10 Å². The van der Waals surface area contributed by atoms with Gasteiger partial charge in [0.05, 0.1) is 12.6 Å². The Balaban J connectivity index is 1.58. The van der Waals surface area contributed by atoms with Gasteiger partial charge in [0.25, 0.3) is 0 Å². The zero-order chi connectivity index (χ0) is 12.5. The molecular weight excluding hydrogens is 234 g/mol. The van der Waals surface area contributed by atoms with Gasteiger partial charge in [-0.2, -0.15) is 0 Å². The molecule has 1 aromatic heterocycles. The van der Waals surface area contributed by atoms with Gasteiger partial charge >= 0.3 is 0 Å². The second kappa shape index (κ2) is 4.95. The Labute approximate surface area is 106 Å². The molecule has 6 heteroatoms. The zero-order valence-electron chi connectivity index (χ0n) is 10.3. The number of aliphatic hydroxyl groups is 2. The highest BCUT2D eigenvalue weighted by Crippen LogP contribution is 2.39. The second-order valence-corrected chi connectivity index (χ2v) is 5.34. The summed E-state index contributed by atoms with van der Waals surface area (Å²) in [5.41, 5.74) is 0. The van der Waals surface area contributed by atoms with E-state index in [4.69, 9.17) is 4.42 Å². The van der Waals surface area contributed by atoms with Gasteiger partial charge in [0, 0.05) is 31.5 Å². The van der Waals surface area contributed by atoms with Gasteiger partial charge in [-0.1, -0.05) is 0 Å². The van der Waals surface area contributed by atoms with Crippen LogP contribution in [-0.4, -0.2) is 51.1 Å². The number of rotatable bonds is 4. The monoisotopic (exact) mass is 253 g/mol. The summed E-state index contributed by atoms with van der Waals surface area (Å²) in [6.45, 7) is 2.12. The predicted octanol–water partition coefficient (Wildman–Crippen LogP) is 0.122. The third-order valence-corrected chi connectivity index (χ3v) is 3.78. The molecule has 2 heterocycles. The first-order chi connectivity index (χ1) is 8.76. The first-order valence-corrected chi connectivity index (χ1v) is 6.60. The van der Waals surface area contributed by atoms with Crippen molar-refractivity contribution in [3.63, 3.8) is 0 Å². The summed E-state index contributed by atoms with van der Waals surface area (Å²) in [5.74, 6) is 1.83. The third-order valence-electron chi connectivity index (χ3n) is 3.78. The molecule has 3 rings (SSSR count). The topological polar surface area (TPSA) is 82.6 Å². The van der Waals surface area contributed by atoms with E-state index in [1.54, 1.807) is 0 Å². The quantitative estimate of drug-likeness (QED) is 0.793. The number of aliphatic hydroxyl groups excluding tert-OH is 2. The van der Waals surface area contributed by atoms with Crippen LogP contribution in [0.4, 0.5) is 0 Å². The van der Waals surface area contributed by atoms with E-state index in [1.165, 1.54) is 0 Å². The maximum absolute atomic E-state index is 9.70. The van der Waals surface area contributed by atoms with Crippen LogP contribution < -0.4 is 0 Å². The van der Waals surface area contributed by atoms with Crippen molar-refractivity contribution < 1.29 is 14.6 Å². The van der Waals surface area contributed by atoms with Crippen molar-refractivity contribution in [1.82, 2.24) is 15.1 Å². The summed E-state index contributed by atoms with van der Waals surface area (Å²) in [7, 11) is 0. The van der Waals surface area contributed by atoms with Crippen molar-refractivity contribution in [2.75, 3.05) is 19.7 Å². The highest BCUT2D eigenvalue weighted by atomic mass is 16.4. The molecule has 2 fully saturated rings. The average Bonchev–Trinajstić information content (AvgIpc) is 3.13. The van der Waals surface area contributed by atoms with Crippen molar-refractivity contribution in [2.45, 2.75) is 37.8 Å². The van der Waals surface area contributed by atoms with Gasteiger partial charge in [-0.25, -0.2) is 0 Å². The van der Waals surface area contributed by atoms with Crippen LogP contribution in [0, 0.1) is 5.92 Å². The minimum Gasteiger partial charge on any atom is -0.424 e. The van der Waals surface area contributed by atoms with E-state index in [9.17, 15) is 10.2 Å². The molecule has 2 N–H and O–H groups in total. The molecule has 1 saturated heterocycles. The lowest BCUT2D eigenvalue weighted by atomic mass is 9.96. The van der Waals surface area contributed by atoms with E-state index in [-0.39, 0.29) is 12.5 Å². The van der Waals surface area contributed by atoms with E-state index in [1.807, 2.05) is 0 Å². The van der Waals surface area contributed by atoms with Crippen molar-refractivity contribution in [3.05, 3.63) is 11.8 Å². The van der Waals surface area contributed by atoms with Gasteiger partial charge < -0.3 is 14.6 Å². The maximum Gasteiger partial charge on any atom is 0.230 e. The van der Waals surface area contributed by atoms with Crippen LogP contribution in [0.25, 0.3) is 0 Å². The largest absolute Gasteiger partial charge is 0.424 e. The Morgan fingerprint density at radius 2 is 2.11 bits per heavy atom. The van der Waals surface area contributed by atoms with Crippen molar-refractivity contribution in [3.8, 4) is 0 Å². The van der Waals surface area contributed by atoms with Crippen LogP contribution in [0.15, 0.2) is 4.42 Å². The van der Waals surface area contributed by atoms with Crippen LogP contribution in [0.3, 0.4) is 0 Å². The highest BCUT2D eigenvalue weighted by molar-refractivity contribution is 5.00. The van der Waals surface area contributed by atoms with E-state index >= 15 is 0 Å². The average molecular weight is 253 g/mol. The van der Waals surface area contributed by atoms with Crippen LogP contribution >= 0.6 is 0 Å². The minimum atomic E-state index is -0.393. The van der Waals surface area contributed by atoms with E-state index in [0.29, 0.717) is 31.3 Å². The first kappa shape index (κ1) is 12.1. The Kier molecular flexibility index (Phi) is 3.32. The van der Waals surface area contributed by atoms with E-state index in [2.05, 4.69) is 15.1 Å². The molecule has 2 aliphatic rings. The fourth-order valence-corrected chi connectivity index (χ4v) is 2.44. The summed E-state index contributed by atoms with van der Waals surface area (Å²) >= 11 is 0. The fraction of sp³-hybridized carbons (Fsp3) is 0.833. The molecule has 1 aliphatic heterocycles. The fourth-order valence-electron chi connectivity index (χ4n) is 2.44. The summed E-state index contributed by atoms with van der Waals surface area (Å²) in [6.07, 6.45) is 2.61. The van der Waals surface area contributed by atoms with Gasteiger partial charge in [-0.15, -0.1) is 10.2 Å². The molecule has 0 radical (unpaired) electrons. The number of nitrogens with zero attached hydrogens (tertiary/aromatic N) is 3. The summed E-state index contributed by atoms with van der Waals surface area (Å²) in [6, 6.07) is 0. The van der Waals surface area contributed by atoms with Crippen molar-refractivity contribution >= 4 is 0 Å². The molecular formula is C12H19N3O3. The van der Waals surface area contributed by atoms with Gasteiger partial charge in [0.2, 0.25) is 11.8 Å². The first-order valence-electron chi connectivity index (χ1n) is 6.60. The van der Waals surface area contributed by atoms with Crippen LogP contribution in [0.2, 0.25) is 0 Å². The molecule has 0 aromatic carbocycles. The Morgan fingerprint density at radius 3 is 2.83 bits per heavy atom. The van der Waals surface area contributed by atoms with Gasteiger partial charge in [0.1, 0.15) is 0 Å². The summed E-state index contributed by atoms with van der Waals surface area (Å²) < 4.78 is 5.62. The molecule has 2 atom stereocenters. The Morgan fingerprint density at radius 1 is 1.28 bits per heavy atom. The molecule has 1 aromatic rings. The van der Waals surface area contributed by atoms with Crippen molar-refractivity contribution in [1.29, 1.82) is 0 Å². The number of hydrogen-bond donors (Lipinski definition) is 2. The third kappa shape index (κ3) is 2.55. The normalized spacial score (nSPS) is 29.7. The lowest BCUT2D eigenvalue weighted by Crippen LogP contribution is -2.44. The van der Waals surface area contributed by atoms with Crippen LogP contribution in [0.1, 0.15) is 37.0 Å². The molecule has 2 unspecified atom stereocenters. The lowest BCUT2D eigenvalue weighted by molar-refractivity contribution is -0.00433. The number of likely N-dealkylation sites (tertiary alicyclic amines) is 1. The summed E-state index contributed by atoms with van der Waals surface area (Å²) in [4.78, 5) is 2.15. The maximum atomic E-state index is 9.70. The number of piperidine rings is 1. The van der Waals surface area contributed by atoms with Gasteiger partial charge in [-0.05, 0) is 19.3 Å². The Hall–Kier alpha value is -0.980. The molecule has 18 heavy (non-hydrogen) atoms. The van der Waals surface area contributed by atoms with Gasteiger partial charge in [-0.3, -0.25) is 4.90 Å². The standard InChI is InChI=1S/C12H19N3O3/c16-7-9-5-15(4-3-10(9)17)6-11-13-14-12(18-11)8-1-2-8/h8-10,16-17H,1-7H2. The lowest BCUT2D eigenvalue weighted by Gasteiger charge is -2.34. The van der Waals surface area contributed by atoms with Gasteiger partial charge in [0.15, 0.2) is 0 Å². The van der Waals surface area contributed by atoms with Crippen LogP contribution in [0.5, 0.6) is 0 Å². The molecule has 1 aliphatic carbocycles. The molecule has 6 nitrogen and oxygen atoms in total. The smallest absolute Gasteiger partial charge is 0.230 e.